The van der Waals surface area contributed by atoms with Crippen LogP contribution < -0.4 is 21.5 Å². The molecule has 0 amide bonds. The predicted molar refractivity (Wildman–Crippen MR) is 111 cm³/mol. The van der Waals surface area contributed by atoms with Crippen LogP contribution in [0.1, 0.15) is 48.4 Å². The van der Waals surface area contributed by atoms with Gasteiger partial charge in [0.25, 0.3) is 0 Å². The van der Waals surface area contributed by atoms with Crippen LogP contribution in [0, 0.1) is 0 Å². The van der Waals surface area contributed by atoms with Gasteiger partial charge >= 0.3 is 0 Å². The lowest BCUT2D eigenvalue weighted by atomic mass is 9.77. The molecule has 0 aromatic heterocycles. The maximum absolute atomic E-state index is 6.67. The maximum atomic E-state index is 6.67. The van der Waals surface area contributed by atoms with E-state index < -0.39 is 0 Å². The van der Waals surface area contributed by atoms with Crippen LogP contribution in [0.2, 0.25) is 0 Å². The molecule has 2 aromatic carbocycles. The van der Waals surface area contributed by atoms with Gasteiger partial charge in [-0.1, -0.05) is 30.3 Å². The zero-order valence-electron chi connectivity index (χ0n) is 14.7. The second kappa shape index (κ2) is 8.21. The molecule has 2 unspecified atom stereocenters. The largest absolute Gasteiger partial charge is 0.456 e. The molecule has 26 heavy (non-hydrogen) atoms. The molecule has 0 spiro atoms. The van der Waals surface area contributed by atoms with Crippen molar-refractivity contribution in [3.63, 3.8) is 0 Å². The monoisotopic (exact) mass is 393 g/mol. The van der Waals surface area contributed by atoms with E-state index in [1.807, 2.05) is 13.0 Å². The summed E-state index contributed by atoms with van der Waals surface area (Å²) in [6.07, 6.45) is 3.47. The number of halogens is 2. The molecule has 140 valence electrons. The molecule has 0 bridgehead atoms. The van der Waals surface area contributed by atoms with E-state index in [4.69, 9.17) is 16.2 Å². The second-order valence-corrected chi connectivity index (χ2v) is 6.68. The minimum absolute atomic E-state index is 0. The second-order valence-electron chi connectivity index (χ2n) is 6.68. The van der Waals surface area contributed by atoms with Gasteiger partial charge in [-0.3, -0.25) is 0 Å². The maximum Gasteiger partial charge on any atom is 0.150 e. The van der Waals surface area contributed by atoms with Gasteiger partial charge in [-0.2, -0.15) is 0 Å². The lowest BCUT2D eigenvalue weighted by Gasteiger charge is -2.31. The first-order chi connectivity index (χ1) is 11.6. The van der Waals surface area contributed by atoms with Gasteiger partial charge in [0.2, 0.25) is 0 Å². The number of hydrogen-bond acceptors (Lipinski definition) is 4. The fourth-order valence-electron chi connectivity index (χ4n) is 3.79. The number of nitrogens with two attached hydrogens (primary N) is 2. The first-order valence-corrected chi connectivity index (χ1v) is 8.52. The Balaban J connectivity index is 0.00000121. The average Bonchev–Trinajstić information content (AvgIpc) is 2.61. The SMILES string of the molecule is CC1=C(N)Nc2cc(C(N)C3CCCc4ccccc43)ccc2O1.Cl.Cl. The highest BCUT2D eigenvalue weighted by atomic mass is 35.5. The van der Waals surface area contributed by atoms with Crippen LogP contribution >= 0.6 is 24.8 Å². The minimum atomic E-state index is -0.0354. The third-order valence-electron chi connectivity index (χ3n) is 5.15. The van der Waals surface area contributed by atoms with E-state index in [1.54, 1.807) is 0 Å². The summed E-state index contributed by atoms with van der Waals surface area (Å²) in [7, 11) is 0. The van der Waals surface area contributed by atoms with Crippen LogP contribution in [0.5, 0.6) is 5.75 Å². The summed E-state index contributed by atoms with van der Waals surface area (Å²) in [4.78, 5) is 0. The molecule has 2 aliphatic rings. The Morgan fingerprint density at radius 3 is 2.73 bits per heavy atom. The lowest BCUT2D eigenvalue weighted by Crippen LogP contribution is -2.24. The number of allylic oxidation sites excluding steroid dienone is 1. The Hall–Kier alpha value is -1.88. The highest BCUT2D eigenvalue weighted by Crippen LogP contribution is 2.41. The Morgan fingerprint density at radius 1 is 1.15 bits per heavy atom. The van der Waals surface area contributed by atoms with Gasteiger partial charge in [-0.05, 0) is 55.0 Å². The van der Waals surface area contributed by atoms with E-state index in [0.717, 1.165) is 29.8 Å². The van der Waals surface area contributed by atoms with Crippen molar-refractivity contribution < 1.29 is 4.74 Å². The van der Waals surface area contributed by atoms with E-state index in [2.05, 4.69) is 41.7 Å². The Morgan fingerprint density at radius 2 is 1.92 bits per heavy atom. The van der Waals surface area contributed by atoms with Gasteiger partial charge in [-0.25, -0.2) is 0 Å². The molecule has 0 saturated heterocycles. The van der Waals surface area contributed by atoms with E-state index in [-0.39, 0.29) is 30.9 Å². The summed E-state index contributed by atoms with van der Waals surface area (Å²) in [6.45, 7) is 1.85. The van der Waals surface area contributed by atoms with Gasteiger partial charge in [0, 0.05) is 12.0 Å². The number of nitrogens with one attached hydrogen (secondary N) is 1. The number of rotatable bonds is 2. The standard InChI is InChI=1S/C20H23N3O.2ClH/c1-12-20(22)23-17-11-14(9-10-18(17)24-12)19(21)16-8-4-6-13-5-2-3-7-15(13)16;;/h2-3,5,7,9-11,16,19,23H,4,6,8,21-22H2,1H3;2*1H. The van der Waals surface area contributed by atoms with Gasteiger partial charge in [0.1, 0.15) is 11.6 Å². The minimum Gasteiger partial charge on any atom is -0.456 e. The van der Waals surface area contributed by atoms with Crippen LogP contribution in [0.15, 0.2) is 54.0 Å². The average molecular weight is 394 g/mol. The molecule has 1 heterocycles. The van der Waals surface area contributed by atoms with Crippen LogP contribution in [0.4, 0.5) is 5.69 Å². The van der Waals surface area contributed by atoms with Crippen molar-refractivity contribution in [2.24, 2.45) is 11.5 Å². The fourth-order valence-corrected chi connectivity index (χ4v) is 3.79. The summed E-state index contributed by atoms with van der Waals surface area (Å²) < 4.78 is 5.73. The molecule has 0 fully saturated rings. The fraction of sp³-hybridized carbons (Fsp3) is 0.300. The first kappa shape index (κ1) is 20.4. The van der Waals surface area contributed by atoms with E-state index in [1.165, 1.54) is 17.5 Å². The summed E-state index contributed by atoms with van der Waals surface area (Å²) in [5.74, 6) is 2.39. The molecule has 1 aliphatic heterocycles. The third kappa shape index (κ3) is 3.63. The molecule has 4 nitrogen and oxygen atoms in total. The predicted octanol–water partition coefficient (Wildman–Crippen LogP) is 4.60. The van der Waals surface area contributed by atoms with Crippen LogP contribution in [0.25, 0.3) is 0 Å². The smallest absolute Gasteiger partial charge is 0.150 e. The van der Waals surface area contributed by atoms with Crippen molar-refractivity contribution in [3.8, 4) is 5.75 Å². The van der Waals surface area contributed by atoms with Crippen molar-refractivity contribution in [1.82, 2.24) is 0 Å². The summed E-state index contributed by atoms with van der Waals surface area (Å²) in [6, 6.07) is 14.8. The third-order valence-corrected chi connectivity index (χ3v) is 5.15. The number of anilines is 1. The van der Waals surface area contributed by atoms with E-state index in [0.29, 0.717) is 17.5 Å². The van der Waals surface area contributed by atoms with Crippen molar-refractivity contribution in [1.29, 1.82) is 0 Å². The molecular formula is C20H25Cl2N3O. The van der Waals surface area contributed by atoms with Crippen LogP contribution in [-0.4, -0.2) is 0 Å². The van der Waals surface area contributed by atoms with E-state index >= 15 is 0 Å². The number of ether oxygens (including phenoxy) is 1. The van der Waals surface area contributed by atoms with Gasteiger partial charge in [0.15, 0.2) is 5.75 Å². The Labute approximate surface area is 166 Å². The number of fused-ring (bicyclic) bond motifs is 2. The molecule has 2 aromatic rings. The highest BCUT2D eigenvalue weighted by molar-refractivity contribution is 5.85. The highest BCUT2D eigenvalue weighted by Gasteiger charge is 2.27. The number of aryl methyl sites for hydroxylation is 1. The molecule has 4 rings (SSSR count). The molecule has 6 heteroatoms. The first-order valence-electron chi connectivity index (χ1n) is 8.52. The summed E-state index contributed by atoms with van der Waals surface area (Å²) in [5, 5.41) is 3.20. The van der Waals surface area contributed by atoms with Crippen molar-refractivity contribution >= 4 is 30.5 Å². The van der Waals surface area contributed by atoms with Gasteiger partial charge in [-0.15, -0.1) is 24.8 Å². The lowest BCUT2D eigenvalue weighted by molar-refractivity contribution is 0.414. The van der Waals surface area contributed by atoms with Crippen molar-refractivity contribution in [2.75, 3.05) is 5.32 Å². The Kier molecular flexibility index (Phi) is 6.45. The summed E-state index contributed by atoms with van der Waals surface area (Å²) in [5.41, 5.74) is 17.4. The zero-order valence-corrected chi connectivity index (χ0v) is 16.3. The van der Waals surface area contributed by atoms with Gasteiger partial charge in [0.05, 0.1) is 5.69 Å². The number of benzene rings is 2. The van der Waals surface area contributed by atoms with Crippen molar-refractivity contribution in [3.05, 3.63) is 70.7 Å². The quantitative estimate of drug-likeness (QED) is 0.696. The molecule has 2 atom stereocenters. The van der Waals surface area contributed by atoms with Crippen LogP contribution in [0.3, 0.4) is 0 Å². The van der Waals surface area contributed by atoms with Gasteiger partial charge < -0.3 is 21.5 Å². The molecule has 1 aliphatic carbocycles. The number of hydrogen-bond donors (Lipinski definition) is 3. The summed E-state index contributed by atoms with van der Waals surface area (Å²) >= 11 is 0. The van der Waals surface area contributed by atoms with E-state index in [9.17, 15) is 0 Å². The molecule has 0 saturated carbocycles. The molecule has 5 N–H and O–H groups in total. The van der Waals surface area contributed by atoms with Crippen LogP contribution in [-0.2, 0) is 6.42 Å². The normalized spacial score (nSPS) is 18.9. The molecule has 0 radical (unpaired) electrons. The molecular weight excluding hydrogens is 369 g/mol. The zero-order chi connectivity index (χ0) is 16.7. The Bertz CT molecular complexity index is 822. The topological polar surface area (TPSA) is 73.3 Å². The van der Waals surface area contributed by atoms with Crippen molar-refractivity contribution in [2.45, 2.75) is 38.1 Å².